The van der Waals surface area contributed by atoms with Crippen LogP contribution >= 0.6 is 0 Å². The van der Waals surface area contributed by atoms with Crippen molar-refractivity contribution in [2.24, 2.45) is 12.2 Å². The summed E-state index contributed by atoms with van der Waals surface area (Å²) in [5.41, 5.74) is 1.90. The Morgan fingerprint density at radius 2 is 2.00 bits per heavy atom. The highest BCUT2D eigenvalue weighted by Crippen LogP contribution is 2.12. The number of ether oxygens (including phenoxy) is 2. The molecule has 11 nitrogen and oxygen atoms in total. The van der Waals surface area contributed by atoms with Gasteiger partial charge in [0.1, 0.15) is 5.82 Å². The van der Waals surface area contributed by atoms with Gasteiger partial charge in [-0.15, -0.1) is 5.10 Å². The number of aromatic nitrogens is 5. The zero-order valence-corrected chi connectivity index (χ0v) is 17.5. The lowest BCUT2D eigenvalue weighted by Crippen LogP contribution is -2.29. The van der Waals surface area contributed by atoms with E-state index in [9.17, 15) is 4.79 Å². The van der Waals surface area contributed by atoms with Crippen LogP contribution in [-0.2, 0) is 32.8 Å². The molecule has 11 heteroatoms. The Kier molecular flexibility index (Phi) is 7.10. The van der Waals surface area contributed by atoms with Crippen molar-refractivity contribution in [3.8, 4) is 0 Å². The van der Waals surface area contributed by atoms with Crippen LogP contribution in [0.4, 0.5) is 5.82 Å². The van der Waals surface area contributed by atoms with Crippen molar-refractivity contribution >= 4 is 17.4 Å². The normalized spacial score (nSPS) is 14.8. The number of tetrazole rings is 1. The summed E-state index contributed by atoms with van der Waals surface area (Å²) in [6.07, 6.45) is 0.429. The Hall–Kier alpha value is -3.70. The van der Waals surface area contributed by atoms with Crippen molar-refractivity contribution in [1.82, 2.24) is 25.2 Å². The van der Waals surface area contributed by atoms with Crippen LogP contribution in [0.5, 0.6) is 0 Å². The predicted molar refractivity (Wildman–Crippen MR) is 113 cm³/mol. The maximum absolute atomic E-state index is 12.2. The zero-order valence-electron chi connectivity index (χ0n) is 17.5. The molecule has 0 aliphatic carbocycles. The first-order valence-electron chi connectivity index (χ1n) is 10.2. The van der Waals surface area contributed by atoms with E-state index in [-0.39, 0.29) is 18.9 Å². The summed E-state index contributed by atoms with van der Waals surface area (Å²) in [5.74, 6) is 0.649. The number of pyridine rings is 1. The number of nitrogens with one attached hydrogen (secondary N) is 1. The summed E-state index contributed by atoms with van der Waals surface area (Å²) in [6.45, 7) is 1.29. The number of carbonyl (C=O) groups excluding carboxylic acids is 1. The molecule has 0 radical (unpaired) electrons. The number of hydrogen-bond acceptors (Lipinski definition) is 9. The van der Waals surface area contributed by atoms with Crippen LogP contribution in [-0.4, -0.2) is 56.3 Å². The van der Waals surface area contributed by atoms with Crippen molar-refractivity contribution in [2.75, 3.05) is 18.5 Å². The smallest absolute Gasteiger partial charge is 0.230 e. The van der Waals surface area contributed by atoms with Gasteiger partial charge in [-0.25, -0.2) is 9.67 Å². The summed E-state index contributed by atoms with van der Waals surface area (Å²) in [5, 5.41) is 18.6. The SMILES string of the molecule is Cn1nnnc1/C(=N\OCc1cccc(NC(=O)CC2OCCCO2)n1)c1ccccc1. The Balaban J connectivity index is 1.40. The molecule has 3 aromatic rings. The second-order valence-corrected chi connectivity index (χ2v) is 7.00. The number of aryl methyl sites for hydroxylation is 1. The molecule has 0 bridgehead atoms. The van der Waals surface area contributed by atoms with Gasteiger partial charge in [0.25, 0.3) is 0 Å². The van der Waals surface area contributed by atoms with E-state index in [1.54, 1.807) is 25.2 Å². The standard InChI is InChI=1S/C21H23N7O4/c1-28-21(24-26-27-28)20(15-7-3-2-4-8-15)25-32-14-16-9-5-10-17(22-16)23-18(29)13-19-30-11-6-12-31-19/h2-5,7-10,19H,6,11-14H2,1H3,(H,22,23,29)/b25-20-. The van der Waals surface area contributed by atoms with Gasteiger partial charge in [-0.2, -0.15) is 0 Å². The topological polar surface area (TPSA) is 126 Å². The maximum atomic E-state index is 12.2. The third-order valence-corrected chi connectivity index (χ3v) is 4.57. The van der Waals surface area contributed by atoms with E-state index in [1.165, 1.54) is 4.68 Å². The van der Waals surface area contributed by atoms with E-state index in [2.05, 4.69) is 31.0 Å². The minimum absolute atomic E-state index is 0.0974. The van der Waals surface area contributed by atoms with Crippen LogP contribution in [0.15, 0.2) is 53.7 Å². The molecule has 2 aromatic heterocycles. The lowest BCUT2D eigenvalue weighted by atomic mass is 10.1. The molecule has 4 rings (SSSR count). The van der Waals surface area contributed by atoms with Crippen molar-refractivity contribution in [1.29, 1.82) is 0 Å². The van der Waals surface area contributed by atoms with Gasteiger partial charge < -0.3 is 19.6 Å². The fraction of sp³-hybridized carbons (Fsp3) is 0.333. The Morgan fingerprint density at radius 3 is 2.75 bits per heavy atom. The van der Waals surface area contributed by atoms with Gasteiger partial charge in [-0.05, 0) is 29.0 Å². The first kappa shape index (κ1) is 21.5. The van der Waals surface area contributed by atoms with Gasteiger partial charge in [0.2, 0.25) is 11.7 Å². The van der Waals surface area contributed by atoms with Crippen LogP contribution in [0, 0.1) is 0 Å². The molecule has 1 aromatic carbocycles. The highest BCUT2D eigenvalue weighted by Gasteiger charge is 2.19. The Labute approximate surface area is 184 Å². The number of hydrogen-bond donors (Lipinski definition) is 1. The first-order valence-corrected chi connectivity index (χ1v) is 10.2. The molecule has 0 unspecified atom stereocenters. The van der Waals surface area contributed by atoms with Crippen molar-refractivity contribution < 1.29 is 19.1 Å². The Bertz CT molecular complexity index is 1060. The number of amides is 1. The monoisotopic (exact) mass is 437 g/mol. The molecule has 1 N–H and O–H groups in total. The van der Waals surface area contributed by atoms with Gasteiger partial charge in [-0.3, -0.25) is 4.79 Å². The molecule has 0 saturated carbocycles. The predicted octanol–water partition coefficient (Wildman–Crippen LogP) is 1.67. The van der Waals surface area contributed by atoms with E-state index < -0.39 is 6.29 Å². The van der Waals surface area contributed by atoms with Crippen LogP contribution in [0.1, 0.15) is 29.9 Å². The summed E-state index contributed by atoms with van der Waals surface area (Å²) < 4.78 is 12.3. The molecule has 1 aliphatic heterocycles. The molecular formula is C21H23N7O4. The van der Waals surface area contributed by atoms with E-state index in [0.717, 1.165) is 12.0 Å². The van der Waals surface area contributed by atoms with Crippen molar-refractivity contribution in [3.05, 3.63) is 65.6 Å². The fourth-order valence-corrected chi connectivity index (χ4v) is 3.04. The third-order valence-electron chi connectivity index (χ3n) is 4.57. The highest BCUT2D eigenvalue weighted by atomic mass is 16.7. The largest absolute Gasteiger partial charge is 0.389 e. The molecule has 1 aliphatic rings. The van der Waals surface area contributed by atoms with Crippen LogP contribution in [0.2, 0.25) is 0 Å². The van der Waals surface area contributed by atoms with E-state index in [4.69, 9.17) is 14.3 Å². The summed E-state index contributed by atoms with van der Waals surface area (Å²) in [4.78, 5) is 22.2. The minimum Gasteiger partial charge on any atom is -0.389 e. The van der Waals surface area contributed by atoms with Crippen molar-refractivity contribution in [2.45, 2.75) is 25.7 Å². The molecule has 166 valence electrons. The Morgan fingerprint density at radius 1 is 1.19 bits per heavy atom. The highest BCUT2D eigenvalue weighted by molar-refractivity contribution is 6.10. The van der Waals surface area contributed by atoms with E-state index >= 15 is 0 Å². The molecule has 0 spiro atoms. The van der Waals surface area contributed by atoms with Gasteiger partial charge in [0.15, 0.2) is 18.6 Å². The quantitative estimate of drug-likeness (QED) is 0.417. The number of anilines is 1. The first-order chi connectivity index (χ1) is 15.7. The van der Waals surface area contributed by atoms with Gasteiger partial charge in [0.05, 0.1) is 25.3 Å². The maximum Gasteiger partial charge on any atom is 0.230 e. The summed E-state index contributed by atoms with van der Waals surface area (Å²) in [6, 6.07) is 14.8. The van der Waals surface area contributed by atoms with Crippen LogP contribution < -0.4 is 5.32 Å². The molecule has 1 fully saturated rings. The minimum atomic E-state index is -0.517. The average molecular weight is 437 g/mol. The number of nitrogens with zero attached hydrogens (tertiary/aromatic N) is 6. The average Bonchev–Trinajstić information content (AvgIpc) is 3.23. The summed E-state index contributed by atoms with van der Waals surface area (Å²) >= 11 is 0. The van der Waals surface area contributed by atoms with Crippen LogP contribution in [0.25, 0.3) is 0 Å². The number of carbonyl (C=O) groups is 1. The van der Waals surface area contributed by atoms with Gasteiger partial charge in [-0.1, -0.05) is 41.6 Å². The lowest BCUT2D eigenvalue weighted by Gasteiger charge is -2.22. The van der Waals surface area contributed by atoms with E-state index in [0.29, 0.717) is 36.3 Å². The molecule has 3 heterocycles. The molecular weight excluding hydrogens is 414 g/mol. The molecule has 1 amide bonds. The van der Waals surface area contributed by atoms with Crippen LogP contribution in [0.3, 0.4) is 0 Å². The van der Waals surface area contributed by atoms with Gasteiger partial charge in [0, 0.05) is 12.6 Å². The molecule has 1 saturated heterocycles. The van der Waals surface area contributed by atoms with Crippen molar-refractivity contribution in [3.63, 3.8) is 0 Å². The van der Waals surface area contributed by atoms with Gasteiger partial charge >= 0.3 is 0 Å². The lowest BCUT2D eigenvalue weighted by molar-refractivity contribution is -0.182. The second kappa shape index (κ2) is 10.6. The second-order valence-electron chi connectivity index (χ2n) is 7.00. The summed E-state index contributed by atoms with van der Waals surface area (Å²) in [7, 11) is 1.73. The number of oxime groups is 1. The molecule has 32 heavy (non-hydrogen) atoms. The fourth-order valence-electron chi connectivity index (χ4n) is 3.04. The number of rotatable bonds is 8. The van der Waals surface area contributed by atoms with E-state index in [1.807, 2.05) is 30.3 Å². The molecule has 0 atom stereocenters. The third kappa shape index (κ3) is 5.71. The number of benzene rings is 1. The zero-order chi connectivity index (χ0) is 22.2.